The summed E-state index contributed by atoms with van der Waals surface area (Å²) < 4.78 is 49.7. The maximum atomic E-state index is 11.8. The van der Waals surface area contributed by atoms with Crippen molar-refractivity contribution in [2.75, 3.05) is 32.2 Å². The number of rotatable bonds is 7. The summed E-state index contributed by atoms with van der Waals surface area (Å²) in [4.78, 5) is 11.6. The highest BCUT2D eigenvalue weighted by Gasteiger charge is 2.27. The molecule has 8 heteroatoms. The first kappa shape index (κ1) is 17.1. The predicted octanol–water partition coefficient (Wildman–Crippen LogP) is 2.40. The second-order valence-corrected chi connectivity index (χ2v) is 3.99. The molecule has 5 nitrogen and oxygen atoms in total. The topological polar surface area (TPSA) is 70.8 Å². The third-order valence-corrected chi connectivity index (χ3v) is 2.27. The number of alkyl halides is 3. The van der Waals surface area contributed by atoms with E-state index in [4.69, 9.17) is 15.2 Å². The van der Waals surface area contributed by atoms with Crippen molar-refractivity contribution in [1.82, 2.24) is 0 Å². The first-order chi connectivity index (χ1) is 9.83. The summed E-state index contributed by atoms with van der Waals surface area (Å²) in [6.07, 6.45) is -4.40. The number of nitrogen functional groups attached to an aromatic ring is 1. The third-order valence-electron chi connectivity index (χ3n) is 2.27. The minimum atomic E-state index is -4.40. The van der Waals surface area contributed by atoms with E-state index >= 15 is 0 Å². The van der Waals surface area contributed by atoms with Crippen molar-refractivity contribution in [1.29, 1.82) is 0 Å². The summed E-state index contributed by atoms with van der Waals surface area (Å²) in [6, 6.07) is 4.36. The van der Waals surface area contributed by atoms with Crippen LogP contribution in [0, 0.1) is 0 Å². The highest BCUT2D eigenvalue weighted by Crippen LogP contribution is 2.22. The van der Waals surface area contributed by atoms with E-state index in [1.807, 2.05) is 0 Å². The molecule has 0 aromatic heterocycles. The van der Waals surface area contributed by atoms with Gasteiger partial charge in [0.05, 0.1) is 24.5 Å². The van der Waals surface area contributed by atoms with E-state index in [9.17, 15) is 18.0 Å². The molecule has 0 atom stereocenters. The Labute approximate surface area is 119 Å². The van der Waals surface area contributed by atoms with E-state index in [2.05, 4.69) is 4.74 Å². The van der Waals surface area contributed by atoms with Gasteiger partial charge in [-0.05, 0) is 25.1 Å². The molecule has 0 heterocycles. The Morgan fingerprint density at radius 1 is 1.29 bits per heavy atom. The summed E-state index contributed by atoms with van der Waals surface area (Å²) in [6.45, 7) is 0.243. The minimum Gasteiger partial charge on any atom is -0.492 e. The smallest absolute Gasteiger partial charge is 0.411 e. The van der Waals surface area contributed by atoms with Gasteiger partial charge in [-0.3, -0.25) is 0 Å². The zero-order valence-corrected chi connectivity index (χ0v) is 11.4. The van der Waals surface area contributed by atoms with E-state index in [-0.39, 0.29) is 24.5 Å². The highest BCUT2D eigenvalue weighted by molar-refractivity contribution is 5.91. The van der Waals surface area contributed by atoms with Gasteiger partial charge in [0, 0.05) is 0 Å². The molecule has 0 amide bonds. The number of hydrogen-bond donors (Lipinski definition) is 1. The Kier molecular flexibility index (Phi) is 6.29. The first-order valence-corrected chi connectivity index (χ1v) is 6.17. The number of nitrogens with two attached hydrogens (primary N) is 1. The van der Waals surface area contributed by atoms with Crippen molar-refractivity contribution < 1.29 is 32.2 Å². The molecule has 118 valence electrons. The lowest BCUT2D eigenvalue weighted by molar-refractivity contribution is -0.175. The zero-order valence-electron chi connectivity index (χ0n) is 11.4. The highest BCUT2D eigenvalue weighted by atomic mass is 19.4. The molecule has 21 heavy (non-hydrogen) atoms. The number of anilines is 1. The Hall–Kier alpha value is -1.96. The molecule has 0 aliphatic carbocycles. The van der Waals surface area contributed by atoms with E-state index in [0.717, 1.165) is 0 Å². The fourth-order valence-corrected chi connectivity index (χ4v) is 1.43. The van der Waals surface area contributed by atoms with E-state index < -0.39 is 18.8 Å². The zero-order chi connectivity index (χ0) is 15.9. The molecular weight excluding hydrogens is 291 g/mol. The molecule has 1 rings (SSSR count). The van der Waals surface area contributed by atoms with Crippen LogP contribution in [0.3, 0.4) is 0 Å². The normalized spacial score (nSPS) is 11.2. The quantitative estimate of drug-likeness (QED) is 0.476. The number of halogens is 3. The molecule has 0 aliphatic rings. The molecule has 1 aromatic rings. The Morgan fingerprint density at radius 3 is 2.57 bits per heavy atom. The van der Waals surface area contributed by atoms with E-state index in [1.54, 1.807) is 6.92 Å². The Bertz CT molecular complexity index is 477. The van der Waals surface area contributed by atoms with Crippen molar-refractivity contribution in [3.05, 3.63) is 23.8 Å². The Morgan fingerprint density at radius 2 is 2.00 bits per heavy atom. The van der Waals surface area contributed by atoms with Crippen LogP contribution in [0.25, 0.3) is 0 Å². The van der Waals surface area contributed by atoms with Gasteiger partial charge >= 0.3 is 12.1 Å². The number of hydrogen-bond acceptors (Lipinski definition) is 5. The number of esters is 1. The lowest BCUT2D eigenvalue weighted by atomic mass is 10.2. The summed E-state index contributed by atoms with van der Waals surface area (Å²) in [5.41, 5.74) is 6.15. The molecule has 0 fully saturated rings. The van der Waals surface area contributed by atoms with E-state index in [0.29, 0.717) is 12.4 Å². The largest absolute Gasteiger partial charge is 0.492 e. The van der Waals surface area contributed by atoms with Gasteiger partial charge < -0.3 is 19.9 Å². The molecule has 0 bridgehead atoms. The van der Waals surface area contributed by atoms with Crippen molar-refractivity contribution in [2.45, 2.75) is 13.1 Å². The predicted molar refractivity (Wildman–Crippen MR) is 69.2 cm³/mol. The van der Waals surface area contributed by atoms with Crippen LogP contribution < -0.4 is 10.5 Å². The number of benzene rings is 1. The number of carbonyl (C=O) groups is 1. The Balaban J connectivity index is 2.40. The van der Waals surface area contributed by atoms with Crippen LogP contribution in [-0.2, 0) is 9.47 Å². The maximum Gasteiger partial charge on any atom is 0.411 e. The molecule has 0 radical (unpaired) electrons. The van der Waals surface area contributed by atoms with Crippen LogP contribution in [0.5, 0.6) is 5.75 Å². The second-order valence-electron chi connectivity index (χ2n) is 3.99. The average molecular weight is 307 g/mol. The lowest BCUT2D eigenvalue weighted by Crippen LogP contribution is -2.19. The van der Waals surface area contributed by atoms with Gasteiger partial charge in [0.2, 0.25) is 0 Å². The molecule has 2 N–H and O–H groups in total. The van der Waals surface area contributed by atoms with Gasteiger partial charge in [0.1, 0.15) is 19.0 Å². The van der Waals surface area contributed by atoms with E-state index in [1.165, 1.54) is 18.2 Å². The van der Waals surface area contributed by atoms with Crippen LogP contribution in [0.15, 0.2) is 18.2 Å². The van der Waals surface area contributed by atoms with Crippen LogP contribution in [0.4, 0.5) is 18.9 Å². The molecule has 0 aliphatic heterocycles. The van der Waals surface area contributed by atoms with Gasteiger partial charge in [0.15, 0.2) is 0 Å². The average Bonchev–Trinajstić information content (AvgIpc) is 2.39. The van der Waals surface area contributed by atoms with Crippen LogP contribution >= 0.6 is 0 Å². The SMILES string of the molecule is CCOc1ccc(C(=O)OCCOCC(F)(F)F)cc1N. The molecule has 0 saturated heterocycles. The van der Waals surface area contributed by atoms with Crippen molar-refractivity contribution >= 4 is 11.7 Å². The number of ether oxygens (including phenoxy) is 3. The summed E-state index contributed by atoms with van der Waals surface area (Å²) in [5, 5.41) is 0. The van der Waals surface area contributed by atoms with Gasteiger partial charge in [-0.1, -0.05) is 0 Å². The summed E-state index contributed by atoms with van der Waals surface area (Å²) in [5.74, 6) is -0.247. The summed E-state index contributed by atoms with van der Waals surface area (Å²) >= 11 is 0. The van der Waals surface area contributed by atoms with Crippen molar-refractivity contribution in [2.24, 2.45) is 0 Å². The molecule has 0 unspecified atom stereocenters. The van der Waals surface area contributed by atoms with Crippen LogP contribution in [-0.4, -0.2) is 38.6 Å². The standard InChI is InChI=1S/C13H16F3NO4/c1-2-20-11-4-3-9(7-10(11)17)12(18)21-6-5-19-8-13(14,15)16/h3-4,7H,2,5-6,8,17H2,1H3. The van der Waals surface area contributed by atoms with Gasteiger partial charge in [-0.25, -0.2) is 4.79 Å². The van der Waals surface area contributed by atoms with Gasteiger partial charge in [-0.15, -0.1) is 0 Å². The number of carbonyl (C=O) groups excluding carboxylic acids is 1. The molecule has 0 spiro atoms. The molecule has 0 saturated carbocycles. The monoisotopic (exact) mass is 307 g/mol. The summed E-state index contributed by atoms with van der Waals surface area (Å²) in [7, 11) is 0. The molecular formula is C13H16F3NO4. The van der Waals surface area contributed by atoms with Gasteiger partial charge in [-0.2, -0.15) is 13.2 Å². The first-order valence-electron chi connectivity index (χ1n) is 6.17. The fourth-order valence-electron chi connectivity index (χ4n) is 1.43. The van der Waals surface area contributed by atoms with Crippen molar-refractivity contribution in [3.8, 4) is 5.75 Å². The lowest BCUT2D eigenvalue weighted by Gasteiger charge is -2.10. The van der Waals surface area contributed by atoms with Gasteiger partial charge in [0.25, 0.3) is 0 Å². The maximum absolute atomic E-state index is 11.8. The van der Waals surface area contributed by atoms with Crippen LogP contribution in [0.2, 0.25) is 0 Å². The fraction of sp³-hybridized carbons (Fsp3) is 0.462. The second kappa shape index (κ2) is 7.72. The third kappa shape index (κ3) is 6.35. The van der Waals surface area contributed by atoms with Crippen molar-refractivity contribution in [3.63, 3.8) is 0 Å². The van der Waals surface area contributed by atoms with Crippen LogP contribution in [0.1, 0.15) is 17.3 Å². The minimum absolute atomic E-state index is 0.187. The molecule has 1 aromatic carbocycles.